The third-order valence-electron chi connectivity index (χ3n) is 2.62. The molecule has 0 radical (unpaired) electrons. The molecule has 1 aromatic heterocycles. The van der Waals surface area contributed by atoms with E-state index in [-0.39, 0.29) is 6.04 Å². The first-order valence-electron chi connectivity index (χ1n) is 5.94. The highest BCUT2D eigenvalue weighted by Gasteiger charge is 2.12. The van der Waals surface area contributed by atoms with Crippen LogP contribution in [0.5, 0.6) is 0 Å². The second-order valence-electron chi connectivity index (χ2n) is 4.28. The van der Waals surface area contributed by atoms with Crippen molar-refractivity contribution < 1.29 is 13.6 Å². The summed E-state index contributed by atoms with van der Waals surface area (Å²) in [5.74, 6) is 1.06. The van der Waals surface area contributed by atoms with Gasteiger partial charge in [-0.2, -0.15) is 0 Å². The van der Waals surface area contributed by atoms with Crippen LogP contribution in [0.3, 0.4) is 0 Å². The Bertz CT molecular complexity index is 580. The van der Waals surface area contributed by atoms with Crippen LogP contribution in [0.25, 0.3) is 0 Å². The average molecular weight is 262 g/mol. The second-order valence-corrected chi connectivity index (χ2v) is 4.28. The van der Waals surface area contributed by atoms with E-state index in [0.29, 0.717) is 11.4 Å². The van der Waals surface area contributed by atoms with E-state index in [1.165, 1.54) is 18.2 Å². The van der Waals surface area contributed by atoms with Crippen molar-refractivity contribution in [2.75, 3.05) is 5.32 Å². The monoisotopic (exact) mass is 262 g/mol. The minimum Gasteiger partial charge on any atom is -0.464 e. The number of benzene rings is 1. The summed E-state index contributed by atoms with van der Waals surface area (Å²) in [7, 11) is 0. The summed E-state index contributed by atoms with van der Waals surface area (Å²) in [6.45, 7) is 3.65. The molecule has 4 nitrogen and oxygen atoms in total. The molecule has 2 aromatic rings. The van der Waals surface area contributed by atoms with E-state index < -0.39 is 11.8 Å². The van der Waals surface area contributed by atoms with Gasteiger partial charge in [-0.3, -0.25) is 0 Å². The Kier molecular flexibility index (Phi) is 3.85. The van der Waals surface area contributed by atoms with Gasteiger partial charge in [0.2, 0.25) is 0 Å². The van der Waals surface area contributed by atoms with Crippen LogP contribution in [-0.2, 0) is 0 Å². The molecule has 1 aromatic carbocycles. The van der Waals surface area contributed by atoms with Crippen LogP contribution < -0.4 is 10.6 Å². The van der Waals surface area contributed by atoms with Crippen LogP contribution in [0.4, 0.5) is 14.9 Å². The fourth-order valence-corrected chi connectivity index (χ4v) is 1.69. The van der Waals surface area contributed by atoms with Gasteiger partial charge in [0, 0.05) is 5.69 Å². The number of anilines is 1. The van der Waals surface area contributed by atoms with Crippen LogP contribution in [0.2, 0.25) is 0 Å². The van der Waals surface area contributed by atoms with E-state index in [9.17, 15) is 9.18 Å². The number of aryl methyl sites for hydroxylation is 1. The molecule has 0 spiro atoms. The van der Waals surface area contributed by atoms with Crippen molar-refractivity contribution in [1.82, 2.24) is 5.32 Å². The zero-order chi connectivity index (χ0) is 13.8. The molecule has 0 fully saturated rings. The van der Waals surface area contributed by atoms with Crippen molar-refractivity contribution in [3.8, 4) is 0 Å². The number of carbonyl (C=O) groups excluding carboxylic acids is 1. The minimum absolute atomic E-state index is 0.262. The Hall–Kier alpha value is -2.30. The molecule has 5 heteroatoms. The van der Waals surface area contributed by atoms with Crippen molar-refractivity contribution in [2.45, 2.75) is 19.9 Å². The summed E-state index contributed by atoms with van der Waals surface area (Å²) >= 11 is 0. The largest absolute Gasteiger partial charge is 0.464 e. The predicted octanol–water partition coefficient (Wildman–Crippen LogP) is 3.61. The van der Waals surface area contributed by atoms with Gasteiger partial charge in [-0.15, -0.1) is 0 Å². The van der Waals surface area contributed by atoms with Crippen LogP contribution in [0.1, 0.15) is 24.5 Å². The van der Waals surface area contributed by atoms with Crippen molar-refractivity contribution >= 4 is 11.7 Å². The van der Waals surface area contributed by atoms with Gasteiger partial charge in [-0.05, 0) is 44.2 Å². The van der Waals surface area contributed by atoms with E-state index in [4.69, 9.17) is 4.42 Å². The average Bonchev–Trinajstić information content (AvgIpc) is 2.75. The molecule has 1 atom stereocenters. The summed E-state index contributed by atoms with van der Waals surface area (Å²) in [5.41, 5.74) is 0.403. The minimum atomic E-state index is -0.410. The Morgan fingerprint density at radius 2 is 2.11 bits per heavy atom. The molecule has 100 valence electrons. The molecule has 1 heterocycles. The van der Waals surface area contributed by atoms with Crippen molar-refractivity contribution in [2.24, 2.45) is 0 Å². The number of urea groups is 1. The third kappa shape index (κ3) is 3.58. The highest BCUT2D eigenvalue weighted by atomic mass is 19.1. The predicted molar refractivity (Wildman–Crippen MR) is 70.4 cm³/mol. The third-order valence-corrected chi connectivity index (χ3v) is 2.62. The Morgan fingerprint density at radius 3 is 2.74 bits per heavy atom. The number of halogens is 1. The molecule has 2 rings (SSSR count). The van der Waals surface area contributed by atoms with Crippen molar-refractivity contribution in [1.29, 1.82) is 0 Å². The molecule has 0 aliphatic carbocycles. The van der Waals surface area contributed by atoms with E-state index >= 15 is 0 Å². The zero-order valence-corrected chi connectivity index (χ0v) is 10.7. The summed E-state index contributed by atoms with van der Waals surface area (Å²) in [6, 6.07) is 8.68. The Labute approximate surface area is 110 Å². The maximum absolute atomic E-state index is 13.0. The van der Waals surface area contributed by atoms with Crippen LogP contribution in [-0.4, -0.2) is 6.03 Å². The molecule has 0 aliphatic heterocycles. The molecule has 0 aliphatic rings. The number of amides is 2. The Morgan fingerprint density at radius 1 is 1.32 bits per heavy atom. The first kappa shape index (κ1) is 13.1. The second kappa shape index (κ2) is 5.56. The summed E-state index contributed by atoms with van der Waals surface area (Å²) in [5, 5.41) is 5.27. The smallest absolute Gasteiger partial charge is 0.319 e. The van der Waals surface area contributed by atoms with Crippen LogP contribution in [0, 0.1) is 12.7 Å². The lowest BCUT2D eigenvalue weighted by molar-refractivity contribution is 0.247. The standard InChI is InChI=1S/C14H15FN2O2/c1-9-6-7-13(19-9)10(2)16-14(18)17-12-5-3-4-11(15)8-12/h3-8,10H,1-2H3,(H2,16,17,18). The lowest BCUT2D eigenvalue weighted by Crippen LogP contribution is -2.30. The van der Waals surface area contributed by atoms with E-state index in [1.807, 2.05) is 26.0 Å². The quantitative estimate of drug-likeness (QED) is 0.887. The van der Waals surface area contributed by atoms with Crippen molar-refractivity contribution in [3.63, 3.8) is 0 Å². The number of furan rings is 1. The fourth-order valence-electron chi connectivity index (χ4n) is 1.69. The molecule has 0 saturated carbocycles. The highest BCUT2D eigenvalue weighted by Crippen LogP contribution is 2.16. The van der Waals surface area contributed by atoms with Gasteiger partial charge in [0.15, 0.2) is 0 Å². The van der Waals surface area contributed by atoms with E-state index in [0.717, 1.165) is 5.76 Å². The summed E-state index contributed by atoms with van der Waals surface area (Å²) in [6.07, 6.45) is 0. The van der Waals surface area contributed by atoms with Gasteiger partial charge in [0.05, 0.1) is 6.04 Å². The fraction of sp³-hybridized carbons (Fsp3) is 0.214. The van der Waals surface area contributed by atoms with Gasteiger partial charge in [0.1, 0.15) is 17.3 Å². The summed E-state index contributed by atoms with van der Waals surface area (Å²) in [4.78, 5) is 11.7. The number of hydrogen-bond acceptors (Lipinski definition) is 2. The van der Waals surface area contributed by atoms with E-state index in [2.05, 4.69) is 10.6 Å². The molecule has 0 saturated heterocycles. The molecule has 2 amide bonds. The first-order valence-corrected chi connectivity index (χ1v) is 5.94. The van der Waals surface area contributed by atoms with Gasteiger partial charge in [-0.25, -0.2) is 9.18 Å². The lowest BCUT2D eigenvalue weighted by Gasteiger charge is -2.12. The van der Waals surface area contributed by atoms with Crippen LogP contribution in [0.15, 0.2) is 40.8 Å². The number of carbonyl (C=O) groups is 1. The van der Waals surface area contributed by atoms with Crippen LogP contribution >= 0.6 is 0 Å². The molecule has 1 unspecified atom stereocenters. The highest BCUT2D eigenvalue weighted by molar-refractivity contribution is 5.89. The van der Waals surface area contributed by atoms with Gasteiger partial charge < -0.3 is 15.1 Å². The number of nitrogens with one attached hydrogen (secondary N) is 2. The number of rotatable bonds is 3. The maximum atomic E-state index is 13.0. The van der Waals surface area contributed by atoms with Gasteiger partial charge in [-0.1, -0.05) is 6.07 Å². The Balaban J connectivity index is 1.94. The topological polar surface area (TPSA) is 54.3 Å². The lowest BCUT2D eigenvalue weighted by atomic mass is 10.2. The van der Waals surface area contributed by atoms with Crippen molar-refractivity contribution in [3.05, 3.63) is 53.7 Å². The summed E-state index contributed by atoms with van der Waals surface area (Å²) < 4.78 is 18.4. The molecular weight excluding hydrogens is 247 g/mol. The maximum Gasteiger partial charge on any atom is 0.319 e. The SMILES string of the molecule is Cc1ccc(C(C)NC(=O)Nc2cccc(F)c2)o1. The van der Waals surface area contributed by atoms with E-state index in [1.54, 1.807) is 6.07 Å². The molecule has 19 heavy (non-hydrogen) atoms. The zero-order valence-electron chi connectivity index (χ0n) is 10.7. The first-order chi connectivity index (χ1) is 9.04. The molecule has 2 N–H and O–H groups in total. The van der Waals surface area contributed by atoms with Gasteiger partial charge >= 0.3 is 6.03 Å². The molecular formula is C14H15FN2O2. The molecule has 0 bridgehead atoms. The normalized spacial score (nSPS) is 11.9. The number of hydrogen-bond donors (Lipinski definition) is 2. The van der Waals surface area contributed by atoms with Gasteiger partial charge in [0.25, 0.3) is 0 Å².